The number of nitrogens with zero attached hydrogens (tertiary/aromatic N) is 3. The minimum Gasteiger partial charge on any atom is -0.438 e. The smallest absolute Gasteiger partial charge is 0.247 e. The van der Waals surface area contributed by atoms with Gasteiger partial charge in [0.05, 0.1) is 6.04 Å². The molecule has 226 valence electrons. The lowest BCUT2D eigenvalue weighted by atomic mass is 10.0. The number of fused-ring (bicyclic) bond motifs is 1. The van der Waals surface area contributed by atoms with Crippen LogP contribution in [-0.4, -0.2) is 71.3 Å². The van der Waals surface area contributed by atoms with Crippen molar-refractivity contribution in [1.29, 1.82) is 0 Å². The van der Waals surface area contributed by atoms with Gasteiger partial charge in [-0.15, -0.1) is 0 Å². The van der Waals surface area contributed by atoms with Crippen molar-refractivity contribution in [2.24, 2.45) is 5.92 Å². The Kier molecular flexibility index (Phi) is 9.98. The lowest BCUT2D eigenvalue weighted by Crippen LogP contribution is -2.57. The standard InChI is InChI=1S/C32H42FN5O4/c1-7-24(34-5)30(40)35-25(18-37(6)28(39)16-19(2)3)32(41)38-20(4)14-15-26(38)31-36-29-23(12-9-13-27(29)42-31)21-10-8-11-22(33)17-21/h8-13,17,19-20,24-26,34H,7,14-16,18H2,1-6H3,(H,35,40)/t20?,24-,25-,26-/m0/s1. The summed E-state index contributed by atoms with van der Waals surface area (Å²) in [7, 11) is 3.36. The zero-order valence-corrected chi connectivity index (χ0v) is 25.3. The molecule has 3 amide bonds. The number of likely N-dealkylation sites (tertiary alicyclic amines) is 1. The van der Waals surface area contributed by atoms with Gasteiger partial charge in [0.25, 0.3) is 0 Å². The average Bonchev–Trinajstić information content (AvgIpc) is 3.55. The number of benzene rings is 2. The van der Waals surface area contributed by atoms with Crippen molar-refractivity contribution in [2.45, 2.75) is 77.5 Å². The Labute approximate surface area is 246 Å². The van der Waals surface area contributed by atoms with E-state index in [0.29, 0.717) is 41.8 Å². The molecule has 0 spiro atoms. The van der Waals surface area contributed by atoms with E-state index in [2.05, 4.69) is 10.6 Å². The maximum atomic E-state index is 14.2. The van der Waals surface area contributed by atoms with Crippen molar-refractivity contribution >= 4 is 28.8 Å². The third-order valence-corrected chi connectivity index (χ3v) is 7.93. The molecule has 1 aromatic heterocycles. The monoisotopic (exact) mass is 579 g/mol. The van der Waals surface area contributed by atoms with E-state index in [0.717, 1.165) is 12.0 Å². The third kappa shape index (κ3) is 6.81. The van der Waals surface area contributed by atoms with Crippen LogP contribution >= 0.6 is 0 Å². The molecule has 3 aromatic rings. The SMILES string of the molecule is CC[C@H](NC)C(=O)N[C@@H](CN(C)C(=O)CC(C)C)C(=O)N1C(C)CC[C@H]1c1nc2c(-c3cccc(F)c3)cccc2o1. The summed E-state index contributed by atoms with van der Waals surface area (Å²) in [6.07, 6.45) is 2.25. The maximum absolute atomic E-state index is 14.2. The van der Waals surface area contributed by atoms with Crippen LogP contribution in [0.25, 0.3) is 22.2 Å². The summed E-state index contributed by atoms with van der Waals surface area (Å²) in [6.45, 7) is 7.83. The van der Waals surface area contributed by atoms with E-state index in [1.807, 2.05) is 45.9 Å². The van der Waals surface area contributed by atoms with Crippen LogP contribution in [-0.2, 0) is 14.4 Å². The molecule has 0 saturated carbocycles. The first-order valence-corrected chi connectivity index (χ1v) is 14.7. The molecule has 2 heterocycles. The number of hydrogen-bond donors (Lipinski definition) is 2. The lowest BCUT2D eigenvalue weighted by Gasteiger charge is -2.33. The molecule has 42 heavy (non-hydrogen) atoms. The molecule has 0 aliphatic carbocycles. The summed E-state index contributed by atoms with van der Waals surface area (Å²) in [5.41, 5.74) is 2.55. The Morgan fingerprint density at radius 1 is 1.14 bits per heavy atom. The van der Waals surface area contributed by atoms with Crippen LogP contribution in [0.1, 0.15) is 65.3 Å². The van der Waals surface area contributed by atoms with Crippen molar-refractivity contribution in [2.75, 3.05) is 20.6 Å². The molecule has 2 aromatic carbocycles. The fourth-order valence-corrected chi connectivity index (χ4v) is 5.63. The summed E-state index contributed by atoms with van der Waals surface area (Å²) in [5.74, 6) is -0.468. The number of carbonyl (C=O) groups excluding carboxylic acids is 3. The van der Waals surface area contributed by atoms with Crippen LogP contribution in [0.3, 0.4) is 0 Å². The van der Waals surface area contributed by atoms with Gasteiger partial charge in [0, 0.05) is 31.6 Å². The van der Waals surface area contributed by atoms with Gasteiger partial charge in [-0.2, -0.15) is 0 Å². The second-order valence-corrected chi connectivity index (χ2v) is 11.6. The molecule has 1 aliphatic heterocycles. The normalized spacial score (nSPS) is 18.3. The van der Waals surface area contributed by atoms with Crippen molar-refractivity contribution in [1.82, 2.24) is 25.4 Å². The Bertz CT molecular complexity index is 1420. The molecule has 2 N–H and O–H groups in total. The third-order valence-electron chi connectivity index (χ3n) is 7.93. The molecule has 1 unspecified atom stereocenters. The zero-order valence-electron chi connectivity index (χ0n) is 25.3. The molecular formula is C32H42FN5O4. The van der Waals surface area contributed by atoms with Gasteiger partial charge in [-0.25, -0.2) is 9.37 Å². The molecule has 4 rings (SSSR count). The van der Waals surface area contributed by atoms with Gasteiger partial charge in [0.15, 0.2) is 5.58 Å². The summed E-state index contributed by atoms with van der Waals surface area (Å²) < 4.78 is 20.2. The fourth-order valence-electron chi connectivity index (χ4n) is 5.63. The first-order chi connectivity index (χ1) is 20.0. The van der Waals surface area contributed by atoms with Gasteiger partial charge in [-0.05, 0) is 62.9 Å². The zero-order chi connectivity index (χ0) is 30.6. The molecule has 1 fully saturated rings. The number of amides is 3. The number of rotatable bonds is 11. The molecule has 9 nitrogen and oxygen atoms in total. The van der Waals surface area contributed by atoms with Gasteiger partial charge >= 0.3 is 0 Å². The largest absolute Gasteiger partial charge is 0.438 e. The van der Waals surface area contributed by atoms with Gasteiger partial charge in [-0.1, -0.05) is 45.0 Å². The molecule has 1 saturated heterocycles. The van der Waals surface area contributed by atoms with Crippen LogP contribution in [0.5, 0.6) is 0 Å². The van der Waals surface area contributed by atoms with E-state index < -0.39 is 18.1 Å². The average molecular weight is 580 g/mol. The number of hydrogen-bond acceptors (Lipinski definition) is 6. The van der Waals surface area contributed by atoms with Crippen LogP contribution in [0.15, 0.2) is 46.9 Å². The first kappa shape index (κ1) is 31.2. The Balaban J connectivity index is 1.66. The number of oxazole rings is 1. The Morgan fingerprint density at radius 2 is 1.88 bits per heavy atom. The van der Waals surface area contributed by atoms with E-state index in [1.54, 1.807) is 31.1 Å². The highest BCUT2D eigenvalue weighted by atomic mass is 19.1. The first-order valence-electron chi connectivity index (χ1n) is 14.7. The van der Waals surface area contributed by atoms with Crippen molar-refractivity contribution < 1.29 is 23.2 Å². The molecule has 4 atom stereocenters. The van der Waals surface area contributed by atoms with Crippen molar-refractivity contribution in [3.63, 3.8) is 0 Å². The predicted octanol–water partition coefficient (Wildman–Crippen LogP) is 4.67. The molecule has 1 aliphatic rings. The molecule has 0 bridgehead atoms. The summed E-state index contributed by atoms with van der Waals surface area (Å²) in [5, 5.41) is 5.90. The highest BCUT2D eigenvalue weighted by Gasteiger charge is 2.42. The van der Waals surface area contributed by atoms with Crippen LogP contribution in [0, 0.1) is 11.7 Å². The van der Waals surface area contributed by atoms with Crippen LogP contribution in [0.2, 0.25) is 0 Å². The number of para-hydroxylation sites is 1. The summed E-state index contributed by atoms with van der Waals surface area (Å²) >= 11 is 0. The highest BCUT2D eigenvalue weighted by molar-refractivity contribution is 5.92. The van der Waals surface area contributed by atoms with Gasteiger partial charge in [-0.3, -0.25) is 14.4 Å². The molecule has 0 radical (unpaired) electrons. The van der Waals surface area contributed by atoms with Gasteiger partial charge < -0.3 is 24.9 Å². The predicted molar refractivity (Wildman–Crippen MR) is 160 cm³/mol. The van der Waals surface area contributed by atoms with E-state index in [9.17, 15) is 18.8 Å². The van der Waals surface area contributed by atoms with E-state index in [1.165, 1.54) is 17.0 Å². The highest BCUT2D eigenvalue weighted by Crippen LogP contribution is 2.39. The number of aromatic nitrogens is 1. The minimum absolute atomic E-state index is 0.0451. The number of halogens is 1. The van der Waals surface area contributed by atoms with E-state index in [-0.39, 0.29) is 42.0 Å². The van der Waals surface area contributed by atoms with Gasteiger partial charge in [0.1, 0.15) is 23.4 Å². The van der Waals surface area contributed by atoms with E-state index in [4.69, 9.17) is 9.40 Å². The van der Waals surface area contributed by atoms with E-state index >= 15 is 0 Å². The summed E-state index contributed by atoms with van der Waals surface area (Å²) in [6, 6.07) is 9.81. The van der Waals surface area contributed by atoms with Gasteiger partial charge in [0.2, 0.25) is 23.6 Å². The molecular weight excluding hydrogens is 537 g/mol. The lowest BCUT2D eigenvalue weighted by molar-refractivity contribution is -0.141. The Morgan fingerprint density at radius 3 is 2.55 bits per heavy atom. The molecule has 10 heteroatoms. The van der Waals surface area contributed by atoms with Crippen LogP contribution in [0.4, 0.5) is 4.39 Å². The van der Waals surface area contributed by atoms with Crippen molar-refractivity contribution in [3.8, 4) is 11.1 Å². The Hall–Kier alpha value is -3.79. The summed E-state index contributed by atoms with van der Waals surface area (Å²) in [4.78, 5) is 48.2. The second kappa shape index (κ2) is 13.5. The second-order valence-electron chi connectivity index (χ2n) is 11.6. The minimum atomic E-state index is -0.948. The van der Waals surface area contributed by atoms with Crippen molar-refractivity contribution in [3.05, 3.63) is 54.2 Å². The number of nitrogens with one attached hydrogen (secondary N) is 2. The fraction of sp³-hybridized carbons (Fsp3) is 0.500. The number of likely N-dealkylation sites (N-methyl/N-ethyl adjacent to an activating group) is 2. The van der Waals surface area contributed by atoms with Crippen LogP contribution < -0.4 is 10.6 Å². The topological polar surface area (TPSA) is 108 Å². The quantitative estimate of drug-likeness (QED) is 0.342. The number of carbonyl (C=O) groups is 3. The maximum Gasteiger partial charge on any atom is 0.247 e.